The molecule has 0 spiro atoms. The first-order valence-corrected chi connectivity index (χ1v) is 10.0. The number of anilines is 1. The fourth-order valence-corrected chi connectivity index (χ4v) is 4.45. The highest BCUT2D eigenvalue weighted by atomic mass is 32.2. The second kappa shape index (κ2) is 7.33. The lowest BCUT2D eigenvalue weighted by molar-refractivity contribution is -0.122. The molecule has 2 aliphatic heterocycles. The van der Waals surface area contributed by atoms with Gasteiger partial charge in [-0.1, -0.05) is 48.5 Å². The number of ketones is 1. The Morgan fingerprint density at radius 3 is 2.28 bits per heavy atom. The van der Waals surface area contributed by atoms with Gasteiger partial charge >= 0.3 is 0 Å². The number of Topliss-reactive ketones (excluding diaryl/α,β-unsaturated/α-hetero) is 1. The maximum absolute atomic E-state index is 13.1. The molecule has 0 atom stereocenters. The average molecular weight is 406 g/mol. The number of imide groups is 1. The number of para-hydroxylation sites is 1. The van der Waals surface area contributed by atoms with E-state index in [-0.39, 0.29) is 34.8 Å². The molecule has 4 rings (SSSR count). The van der Waals surface area contributed by atoms with E-state index in [4.69, 9.17) is 0 Å². The average Bonchev–Trinajstić information content (AvgIpc) is 3.15. The SMILES string of the molecule is CC(C)N1C(=O)/C(=C2/SC(=O)N(CC(=O)c3ccccc3)C2=O)c2ccccc21. The highest BCUT2D eigenvalue weighted by Crippen LogP contribution is 2.45. The number of amides is 3. The van der Waals surface area contributed by atoms with Gasteiger partial charge < -0.3 is 4.90 Å². The standard InChI is InChI=1S/C22H18N2O4S/c1-13(2)24-16-11-7-6-10-15(16)18(20(24)26)19-21(27)23(22(28)29-19)12-17(25)14-8-4-3-5-9-14/h3-11,13H,12H2,1-2H3/b19-18+. The zero-order valence-electron chi connectivity index (χ0n) is 15.9. The van der Waals surface area contributed by atoms with Gasteiger partial charge in [0.15, 0.2) is 5.78 Å². The predicted octanol–water partition coefficient (Wildman–Crippen LogP) is 3.73. The first-order valence-electron chi connectivity index (χ1n) is 9.19. The molecule has 0 N–H and O–H groups in total. The highest BCUT2D eigenvalue weighted by molar-refractivity contribution is 8.18. The van der Waals surface area contributed by atoms with Gasteiger partial charge in [0.1, 0.15) is 0 Å². The second-order valence-electron chi connectivity index (χ2n) is 7.04. The van der Waals surface area contributed by atoms with E-state index < -0.39 is 11.1 Å². The van der Waals surface area contributed by atoms with Crippen LogP contribution in [0.3, 0.4) is 0 Å². The second-order valence-corrected chi connectivity index (χ2v) is 8.00. The lowest BCUT2D eigenvalue weighted by Crippen LogP contribution is -2.35. The molecule has 0 bridgehead atoms. The van der Waals surface area contributed by atoms with Crippen LogP contribution in [-0.4, -0.2) is 40.3 Å². The molecule has 7 heteroatoms. The molecule has 0 aliphatic carbocycles. The Labute approximate surface area is 172 Å². The molecule has 146 valence electrons. The van der Waals surface area contributed by atoms with Crippen molar-refractivity contribution in [2.24, 2.45) is 0 Å². The summed E-state index contributed by atoms with van der Waals surface area (Å²) in [4.78, 5) is 53.7. The Bertz CT molecular complexity index is 1080. The molecular formula is C22H18N2O4S. The smallest absolute Gasteiger partial charge is 0.294 e. The van der Waals surface area contributed by atoms with E-state index in [0.717, 1.165) is 10.6 Å². The molecule has 2 aromatic carbocycles. The number of carbonyl (C=O) groups is 4. The van der Waals surface area contributed by atoms with Crippen LogP contribution in [0.1, 0.15) is 29.8 Å². The molecule has 0 unspecified atom stereocenters. The Morgan fingerprint density at radius 2 is 1.59 bits per heavy atom. The monoisotopic (exact) mass is 406 g/mol. The summed E-state index contributed by atoms with van der Waals surface area (Å²) in [6, 6.07) is 15.6. The predicted molar refractivity (Wildman–Crippen MR) is 111 cm³/mol. The number of nitrogens with zero attached hydrogens (tertiary/aromatic N) is 2. The minimum Gasteiger partial charge on any atom is -0.305 e. The van der Waals surface area contributed by atoms with Crippen LogP contribution in [0.4, 0.5) is 10.5 Å². The third-order valence-corrected chi connectivity index (χ3v) is 5.83. The van der Waals surface area contributed by atoms with Crippen LogP contribution in [0.2, 0.25) is 0 Å². The van der Waals surface area contributed by atoms with Crippen molar-refractivity contribution in [2.45, 2.75) is 19.9 Å². The summed E-state index contributed by atoms with van der Waals surface area (Å²) < 4.78 is 0. The summed E-state index contributed by atoms with van der Waals surface area (Å²) in [5.74, 6) is -1.24. The van der Waals surface area contributed by atoms with Crippen LogP contribution in [0.5, 0.6) is 0 Å². The fourth-order valence-electron chi connectivity index (χ4n) is 3.52. The molecule has 6 nitrogen and oxygen atoms in total. The quantitative estimate of drug-likeness (QED) is 0.571. The number of benzene rings is 2. The topological polar surface area (TPSA) is 74.8 Å². The molecule has 0 aromatic heterocycles. The number of rotatable bonds is 4. The van der Waals surface area contributed by atoms with Gasteiger partial charge in [-0.15, -0.1) is 0 Å². The van der Waals surface area contributed by atoms with Crippen molar-refractivity contribution in [3.63, 3.8) is 0 Å². The van der Waals surface area contributed by atoms with Gasteiger partial charge in [0.2, 0.25) is 0 Å². The number of fused-ring (bicyclic) bond motifs is 1. The van der Waals surface area contributed by atoms with Gasteiger partial charge in [-0.25, -0.2) is 0 Å². The van der Waals surface area contributed by atoms with E-state index in [1.54, 1.807) is 47.4 Å². The number of thioether (sulfide) groups is 1. The molecule has 1 fully saturated rings. The van der Waals surface area contributed by atoms with Crippen molar-refractivity contribution < 1.29 is 19.2 Å². The number of hydrogen-bond acceptors (Lipinski definition) is 5. The lowest BCUT2D eigenvalue weighted by atomic mass is 10.1. The van der Waals surface area contributed by atoms with Crippen molar-refractivity contribution >= 4 is 45.9 Å². The highest BCUT2D eigenvalue weighted by Gasteiger charge is 2.44. The normalized spacial score (nSPS) is 18.8. The van der Waals surface area contributed by atoms with Gasteiger partial charge in [-0.2, -0.15) is 0 Å². The van der Waals surface area contributed by atoms with E-state index in [1.165, 1.54) is 0 Å². The summed E-state index contributed by atoms with van der Waals surface area (Å²) in [6.45, 7) is 3.43. The third-order valence-electron chi connectivity index (χ3n) is 4.86. The van der Waals surface area contributed by atoms with E-state index in [9.17, 15) is 19.2 Å². The van der Waals surface area contributed by atoms with Gasteiger partial charge in [0, 0.05) is 17.2 Å². The van der Waals surface area contributed by atoms with E-state index in [0.29, 0.717) is 22.9 Å². The zero-order valence-corrected chi connectivity index (χ0v) is 16.7. The molecule has 0 radical (unpaired) electrons. The molecule has 2 aliphatic rings. The van der Waals surface area contributed by atoms with Crippen LogP contribution in [0, 0.1) is 0 Å². The van der Waals surface area contributed by atoms with Crippen molar-refractivity contribution in [1.29, 1.82) is 0 Å². The first kappa shape index (κ1) is 19.1. The first-order chi connectivity index (χ1) is 13.9. The third kappa shape index (κ3) is 3.17. The molecule has 2 aromatic rings. The van der Waals surface area contributed by atoms with Gasteiger partial charge in [0.25, 0.3) is 17.1 Å². The maximum Gasteiger partial charge on any atom is 0.294 e. The summed E-state index contributed by atoms with van der Waals surface area (Å²) in [5.41, 5.74) is 2.00. The van der Waals surface area contributed by atoms with Crippen LogP contribution in [-0.2, 0) is 9.59 Å². The van der Waals surface area contributed by atoms with Gasteiger partial charge in [-0.05, 0) is 31.7 Å². The molecule has 1 saturated heterocycles. The lowest BCUT2D eigenvalue weighted by Gasteiger charge is -2.21. The van der Waals surface area contributed by atoms with Crippen LogP contribution < -0.4 is 4.90 Å². The molecular weight excluding hydrogens is 388 g/mol. The van der Waals surface area contributed by atoms with Crippen LogP contribution in [0.15, 0.2) is 59.5 Å². The van der Waals surface area contributed by atoms with Crippen molar-refractivity contribution in [1.82, 2.24) is 4.90 Å². The van der Waals surface area contributed by atoms with E-state index in [2.05, 4.69) is 0 Å². The zero-order chi connectivity index (χ0) is 20.7. The minimum atomic E-state index is -0.604. The fraction of sp³-hybridized carbons (Fsp3) is 0.182. The Balaban J connectivity index is 1.71. The molecule has 2 heterocycles. The molecule has 3 amide bonds. The summed E-state index contributed by atoms with van der Waals surface area (Å²) >= 11 is 0.715. The summed E-state index contributed by atoms with van der Waals surface area (Å²) in [6.07, 6.45) is 0. The van der Waals surface area contributed by atoms with Crippen molar-refractivity contribution in [3.8, 4) is 0 Å². The van der Waals surface area contributed by atoms with Crippen molar-refractivity contribution in [2.75, 3.05) is 11.4 Å². The van der Waals surface area contributed by atoms with Crippen molar-refractivity contribution in [3.05, 3.63) is 70.6 Å². The number of carbonyl (C=O) groups excluding carboxylic acids is 4. The van der Waals surface area contributed by atoms with Crippen LogP contribution in [0.25, 0.3) is 5.57 Å². The van der Waals surface area contributed by atoms with E-state index >= 15 is 0 Å². The molecule has 0 saturated carbocycles. The van der Waals surface area contributed by atoms with Gasteiger partial charge in [0.05, 0.1) is 22.7 Å². The molecule has 29 heavy (non-hydrogen) atoms. The largest absolute Gasteiger partial charge is 0.305 e. The Morgan fingerprint density at radius 1 is 0.931 bits per heavy atom. The van der Waals surface area contributed by atoms with Gasteiger partial charge in [-0.3, -0.25) is 24.1 Å². The number of hydrogen-bond donors (Lipinski definition) is 0. The van der Waals surface area contributed by atoms with E-state index in [1.807, 2.05) is 26.0 Å². The summed E-state index contributed by atoms with van der Waals surface area (Å²) in [7, 11) is 0. The summed E-state index contributed by atoms with van der Waals surface area (Å²) in [5, 5.41) is -0.546. The minimum absolute atomic E-state index is 0.0801. The van der Waals surface area contributed by atoms with Crippen LogP contribution >= 0.6 is 11.8 Å². The Hall–Kier alpha value is -3.19. The maximum atomic E-state index is 13.1. The Kier molecular flexibility index (Phi) is 4.84.